The zero-order chi connectivity index (χ0) is 27.6. The Balaban J connectivity index is 1.39. The first-order valence-corrected chi connectivity index (χ1v) is 13.4. The molecule has 2 aliphatic heterocycles. The number of aliphatic imine (C=N–C) groups is 1. The summed E-state index contributed by atoms with van der Waals surface area (Å²) in [4.78, 5) is 24.9. The number of H-pyrrole nitrogens is 1. The van der Waals surface area contributed by atoms with Crippen LogP contribution in [0.2, 0.25) is 0 Å². The fourth-order valence-corrected chi connectivity index (χ4v) is 5.19. The summed E-state index contributed by atoms with van der Waals surface area (Å²) in [6, 6.07) is 19.0. The van der Waals surface area contributed by atoms with Gasteiger partial charge in [0.25, 0.3) is 0 Å². The van der Waals surface area contributed by atoms with E-state index < -0.39 is 5.97 Å². The lowest BCUT2D eigenvalue weighted by atomic mass is 9.99. The quantitative estimate of drug-likeness (QED) is 0.277. The van der Waals surface area contributed by atoms with Crippen molar-refractivity contribution in [2.45, 2.75) is 6.54 Å². The lowest BCUT2D eigenvalue weighted by molar-refractivity contribution is 0.0601. The Morgan fingerprint density at radius 3 is 2.42 bits per heavy atom. The minimum Gasteiger partial charge on any atom is -0.494 e. The van der Waals surface area contributed by atoms with Crippen LogP contribution in [0.25, 0.3) is 10.9 Å². The highest BCUT2D eigenvalue weighted by atomic mass is 16.6. The fraction of sp³-hybridized carbons (Fsp3) is 0.290. The zero-order valence-electron chi connectivity index (χ0n) is 22.6. The third-order valence-electron chi connectivity index (χ3n) is 7.43. The van der Waals surface area contributed by atoms with Crippen molar-refractivity contribution in [3.63, 3.8) is 0 Å². The number of aromatic amines is 1. The average Bonchev–Trinajstić information content (AvgIpc) is 3.31. The second-order valence-electron chi connectivity index (χ2n) is 10.2. The molecule has 0 spiro atoms. The van der Waals surface area contributed by atoms with Gasteiger partial charge in [-0.25, -0.2) is 9.79 Å². The summed E-state index contributed by atoms with van der Waals surface area (Å²) in [7, 11) is 3.50. The van der Waals surface area contributed by atoms with Crippen LogP contribution < -0.4 is 9.47 Å². The van der Waals surface area contributed by atoms with Crippen molar-refractivity contribution in [1.29, 1.82) is 0 Å². The number of carbonyl (C=O) groups is 1. The van der Waals surface area contributed by atoms with Gasteiger partial charge in [-0.2, -0.15) is 0 Å². The van der Waals surface area contributed by atoms with E-state index in [4.69, 9.17) is 19.2 Å². The van der Waals surface area contributed by atoms with Crippen molar-refractivity contribution in [1.82, 2.24) is 14.8 Å². The maximum atomic E-state index is 12.1. The molecule has 6 rings (SSSR count). The van der Waals surface area contributed by atoms with Gasteiger partial charge in [0.15, 0.2) is 17.4 Å². The Hall–Kier alpha value is -4.34. The van der Waals surface area contributed by atoms with Gasteiger partial charge in [-0.3, -0.25) is 4.90 Å². The number of methoxy groups -OCH3 is 1. The Kier molecular flexibility index (Phi) is 7.15. The molecule has 2 aliphatic rings. The number of esters is 1. The SMILES string of the molecule is COC(=O)c1ccc2c(C(=Nc3ccc(CN4CCN(C)CC4)cc3)c3ccc4c(c3)OCCO4)c(O)[nH]c2c1. The molecule has 40 heavy (non-hydrogen) atoms. The molecule has 4 aromatic rings. The molecule has 206 valence electrons. The van der Waals surface area contributed by atoms with Gasteiger partial charge < -0.3 is 29.2 Å². The van der Waals surface area contributed by atoms with Gasteiger partial charge in [0, 0.05) is 49.2 Å². The van der Waals surface area contributed by atoms with Crippen LogP contribution in [-0.2, 0) is 11.3 Å². The minimum absolute atomic E-state index is 0.0441. The van der Waals surface area contributed by atoms with E-state index in [9.17, 15) is 9.90 Å². The van der Waals surface area contributed by atoms with Gasteiger partial charge in [0.1, 0.15) is 13.2 Å². The summed E-state index contributed by atoms with van der Waals surface area (Å²) >= 11 is 0. The number of benzene rings is 3. The second-order valence-corrected chi connectivity index (χ2v) is 10.2. The number of carbonyl (C=O) groups excluding carboxylic acids is 1. The normalized spacial score (nSPS) is 16.3. The molecule has 0 saturated carbocycles. The van der Waals surface area contributed by atoms with Crippen molar-refractivity contribution in [2.75, 3.05) is 53.6 Å². The third kappa shape index (κ3) is 5.25. The molecular formula is C31H32N4O5. The van der Waals surface area contributed by atoms with Crippen molar-refractivity contribution >= 4 is 28.3 Å². The summed E-state index contributed by atoms with van der Waals surface area (Å²) in [5, 5.41) is 11.8. The standard InChI is InChI=1S/C31H32N4O5/c1-34-11-13-35(14-12-34)19-20-3-7-23(8-4-20)32-29(21-6-10-26-27(18-21)40-16-15-39-26)28-24-9-5-22(31(37)38-2)17-25(24)33-30(28)36/h3-10,17-18,33,36H,11-16,19H2,1-2H3. The van der Waals surface area contributed by atoms with E-state index in [2.05, 4.69) is 34.0 Å². The van der Waals surface area contributed by atoms with E-state index in [1.54, 1.807) is 18.2 Å². The van der Waals surface area contributed by atoms with E-state index >= 15 is 0 Å². The van der Waals surface area contributed by atoms with Crippen molar-refractivity contribution in [3.8, 4) is 17.4 Å². The molecule has 0 aliphatic carbocycles. The number of piperazine rings is 1. The number of nitrogens with one attached hydrogen (secondary N) is 1. The fourth-order valence-electron chi connectivity index (χ4n) is 5.19. The number of rotatable bonds is 6. The number of hydrogen-bond donors (Lipinski definition) is 2. The van der Waals surface area contributed by atoms with Crippen LogP contribution in [-0.4, -0.2) is 85.1 Å². The van der Waals surface area contributed by atoms with Gasteiger partial charge in [0.2, 0.25) is 0 Å². The summed E-state index contributed by atoms with van der Waals surface area (Å²) in [5.74, 6) is 0.812. The van der Waals surface area contributed by atoms with Crippen LogP contribution in [0.15, 0.2) is 65.7 Å². The molecule has 0 radical (unpaired) electrons. The highest BCUT2D eigenvalue weighted by molar-refractivity contribution is 6.22. The molecule has 0 atom stereocenters. The summed E-state index contributed by atoms with van der Waals surface area (Å²) in [6.07, 6.45) is 0. The highest BCUT2D eigenvalue weighted by Gasteiger charge is 2.22. The second kappa shape index (κ2) is 11.0. The number of ether oxygens (including phenoxy) is 3. The molecule has 9 heteroatoms. The molecule has 0 amide bonds. The first-order chi connectivity index (χ1) is 19.5. The molecule has 0 unspecified atom stereocenters. The van der Waals surface area contributed by atoms with E-state index in [0.717, 1.165) is 49.4 Å². The Morgan fingerprint density at radius 1 is 0.950 bits per heavy atom. The molecule has 3 heterocycles. The minimum atomic E-state index is -0.449. The maximum Gasteiger partial charge on any atom is 0.337 e. The van der Waals surface area contributed by atoms with Crippen molar-refractivity contribution in [3.05, 3.63) is 82.9 Å². The number of hydrogen-bond acceptors (Lipinski definition) is 8. The molecule has 2 N–H and O–H groups in total. The van der Waals surface area contributed by atoms with Crippen LogP contribution in [0.3, 0.4) is 0 Å². The van der Waals surface area contributed by atoms with Gasteiger partial charge >= 0.3 is 5.97 Å². The largest absolute Gasteiger partial charge is 0.494 e. The van der Waals surface area contributed by atoms with Crippen molar-refractivity contribution < 1.29 is 24.1 Å². The number of nitrogens with zero attached hydrogens (tertiary/aromatic N) is 3. The summed E-state index contributed by atoms with van der Waals surface area (Å²) in [6.45, 7) is 6.14. The van der Waals surface area contributed by atoms with Gasteiger partial charge in [-0.1, -0.05) is 18.2 Å². The lowest BCUT2D eigenvalue weighted by Gasteiger charge is -2.32. The van der Waals surface area contributed by atoms with E-state index in [-0.39, 0.29) is 5.88 Å². The first-order valence-electron chi connectivity index (χ1n) is 13.4. The number of aromatic nitrogens is 1. The van der Waals surface area contributed by atoms with Crippen LogP contribution in [0, 0.1) is 0 Å². The molecule has 1 fully saturated rings. The molecular weight excluding hydrogens is 508 g/mol. The molecule has 0 bridgehead atoms. The summed E-state index contributed by atoms with van der Waals surface area (Å²) < 4.78 is 16.4. The Bertz CT molecular complexity index is 1570. The first kappa shape index (κ1) is 25.9. The van der Waals surface area contributed by atoms with E-state index in [0.29, 0.717) is 47.1 Å². The Labute approximate surface area is 232 Å². The van der Waals surface area contributed by atoms with Crippen molar-refractivity contribution in [2.24, 2.45) is 4.99 Å². The van der Waals surface area contributed by atoms with E-state index in [1.807, 2.05) is 30.3 Å². The highest BCUT2D eigenvalue weighted by Crippen LogP contribution is 2.36. The smallest absolute Gasteiger partial charge is 0.337 e. The number of aromatic hydroxyl groups is 1. The molecule has 1 saturated heterocycles. The van der Waals surface area contributed by atoms with E-state index in [1.165, 1.54) is 12.7 Å². The van der Waals surface area contributed by atoms with Gasteiger partial charge in [0.05, 0.1) is 29.6 Å². The van der Waals surface area contributed by atoms with Crippen LogP contribution in [0.4, 0.5) is 5.69 Å². The maximum absolute atomic E-state index is 12.1. The zero-order valence-corrected chi connectivity index (χ0v) is 22.6. The average molecular weight is 541 g/mol. The Morgan fingerprint density at radius 2 is 1.68 bits per heavy atom. The molecule has 9 nitrogen and oxygen atoms in total. The lowest BCUT2D eigenvalue weighted by Crippen LogP contribution is -2.43. The predicted molar refractivity (Wildman–Crippen MR) is 153 cm³/mol. The number of fused-ring (bicyclic) bond motifs is 2. The summed E-state index contributed by atoms with van der Waals surface area (Å²) in [5.41, 5.74) is 4.84. The molecule has 3 aromatic carbocycles. The van der Waals surface area contributed by atoms with Crippen LogP contribution >= 0.6 is 0 Å². The monoisotopic (exact) mass is 540 g/mol. The predicted octanol–water partition coefficient (Wildman–Crippen LogP) is 4.35. The van der Waals surface area contributed by atoms with Gasteiger partial charge in [-0.05, 0) is 55.1 Å². The topological polar surface area (TPSA) is 99.6 Å². The third-order valence-corrected chi connectivity index (χ3v) is 7.43. The van der Waals surface area contributed by atoms with Crippen LogP contribution in [0.5, 0.6) is 17.4 Å². The molecule has 1 aromatic heterocycles. The van der Waals surface area contributed by atoms with Crippen LogP contribution in [0.1, 0.15) is 27.0 Å². The number of likely N-dealkylation sites (N-methyl/N-ethyl adjacent to an activating group) is 1. The van der Waals surface area contributed by atoms with Gasteiger partial charge in [-0.15, -0.1) is 0 Å².